The van der Waals surface area contributed by atoms with Crippen molar-refractivity contribution in [2.24, 2.45) is 7.05 Å². The SMILES string of the molecule is Cn1ccn(-c2ccc(-n3ncnn3)cc2)c1=O. The highest BCUT2D eigenvalue weighted by atomic mass is 16.1. The molecule has 3 aromatic rings. The third-order valence-electron chi connectivity index (χ3n) is 2.65. The normalized spacial score (nSPS) is 10.7. The molecule has 2 aromatic heterocycles. The quantitative estimate of drug-likeness (QED) is 0.641. The van der Waals surface area contributed by atoms with Crippen molar-refractivity contribution < 1.29 is 0 Å². The van der Waals surface area contributed by atoms with E-state index in [9.17, 15) is 4.79 Å². The van der Waals surface area contributed by atoms with Crippen LogP contribution in [0.2, 0.25) is 0 Å². The molecule has 7 nitrogen and oxygen atoms in total. The van der Waals surface area contributed by atoms with Gasteiger partial charge in [-0.15, -0.1) is 15.0 Å². The minimum absolute atomic E-state index is 0.0818. The summed E-state index contributed by atoms with van der Waals surface area (Å²) in [6, 6.07) is 7.33. The highest BCUT2D eigenvalue weighted by molar-refractivity contribution is 5.40. The molecule has 0 aliphatic carbocycles. The van der Waals surface area contributed by atoms with E-state index in [1.807, 2.05) is 24.3 Å². The van der Waals surface area contributed by atoms with Gasteiger partial charge in [-0.3, -0.25) is 4.57 Å². The molecule has 0 unspecified atom stereocenters. The Bertz CT molecular complexity index is 707. The van der Waals surface area contributed by atoms with Gasteiger partial charge in [0.05, 0.1) is 11.4 Å². The smallest absolute Gasteiger partial charge is 0.302 e. The van der Waals surface area contributed by atoms with E-state index in [4.69, 9.17) is 0 Å². The Morgan fingerprint density at radius 2 is 1.78 bits per heavy atom. The number of aromatic nitrogens is 6. The highest BCUT2D eigenvalue weighted by Gasteiger charge is 2.03. The highest BCUT2D eigenvalue weighted by Crippen LogP contribution is 2.09. The molecule has 0 bridgehead atoms. The fourth-order valence-corrected chi connectivity index (χ4v) is 1.69. The summed E-state index contributed by atoms with van der Waals surface area (Å²) in [5.41, 5.74) is 1.51. The third kappa shape index (κ3) is 1.61. The Morgan fingerprint density at radius 1 is 1.06 bits per heavy atom. The zero-order chi connectivity index (χ0) is 12.5. The van der Waals surface area contributed by atoms with E-state index in [1.165, 1.54) is 15.7 Å². The summed E-state index contributed by atoms with van der Waals surface area (Å²) in [7, 11) is 1.71. The van der Waals surface area contributed by atoms with Crippen molar-refractivity contribution in [1.82, 2.24) is 29.3 Å². The fourth-order valence-electron chi connectivity index (χ4n) is 1.69. The van der Waals surface area contributed by atoms with Gasteiger partial charge in [0.2, 0.25) is 0 Å². The van der Waals surface area contributed by atoms with Gasteiger partial charge >= 0.3 is 5.69 Å². The summed E-state index contributed by atoms with van der Waals surface area (Å²) in [4.78, 5) is 13.2. The van der Waals surface area contributed by atoms with Crippen LogP contribution in [0.1, 0.15) is 0 Å². The molecule has 3 rings (SSSR count). The molecule has 90 valence electrons. The predicted molar refractivity (Wildman–Crippen MR) is 63.7 cm³/mol. The fraction of sp³-hybridized carbons (Fsp3) is 0.0909. The maximum absolute atomic E-state index is 11.8. The Hall–Kier alpha value is -2.70. The molecule has 18 heavy (non-hydrogen) atoms. The number of tetrazole rings is 1. The van der Waals surface area contributed by atoms with Gasteiger partial charge in [0.25, 0.3) is 0 Å². The lowest BCUT2D eigenvalue weighted by atomic mass is 10.3. The molecule has 0 radical (unpaired) electrons. The lowest BCUT2D eigenvalue weighted by Crippen LogP contribution is -2.20. The maximum atomic E-state index is 11.8. The van der Waals surface area contributed by atoms with Crippen LogP contribution < -0.4 is 5.69 Å². The molecular weight excluding hydrogens is 232 g/mol. The predicted octanol–water partition coefficient (Wildman–Crippen LogP) is 0.152. The molecule has 0 amide bonds. The topological polar surface area (TPSA) is 70.5 Å². The molecule has 0 N–H and O–H groups in total. The summed E-state index contributed by atoms with van der Waals surface area (Å²) >= 11 is 0. The van der Waals surface area contributed by atoms with Crippen molar-refractivity contribution in [3.8, 4) is 11.4 Å². The third-order valence-corrected chi connectivity index (χ3v) is 2.65. The Kier molecular flexibility index (Phi) is 2.30. The van der Waals surface area contributed by atoms with Crippen molar-refractivity contribution in [3.05, 3.63) is 53.5 Å². The molecule has 0 atom stereocenters. The van der Waals surface area contributed by atoms with Gasteiger partial charge in [0, 0.05) is 19.4 Å². The molecule has 0 aliphatic rings. The lowest BCUT2D eigenvalue weighted by Gasteiger charge is -2.02. The molecule has 2 heterocycles. The van der Waals surface area contributed by atoms with Crippen LogP contribution in [-0.2, 0) is 7.05 Å². The molecule has 1 aromatic carbocycles. The van der Waals surface area contributed by atoms with Crippen LogP contribution in [0.3, 0.4) is 0 Å². The first-order valence-corrected chi connectivity index (χ1v) is 5.33. The Morgan fingerprint density at radius 3 is 2.33 bits per heavy atom. The summed E-state index contributed by atoms with van der Waals surface area (Å²) in [6.07, 6.45) is 4.82. The zero-order valence-electron chi connectivity index (χ0n) is 9.63. The minimum Gasteiger partial charge on any atom is -0.302 e. The van der Waals surface area contributed by atoms with E-state index in [-0.39, 0.29) is 5.69 Å². The molecular formula is C11H10N6O. The van der Waals surface area contributed by atoms with E-state index < -0.39 is 0 Å². The first-order valence-electron chi connectivity index (χ1n) is 5.33. The van der Waals surface area contributed by atoms with Gasteiger partial charge in [-0.2, -0.15) is 0 Å². The van der Waals surface area contributed by atoms with Crippen LogP contribution in [0.15, 0.2) is 47.8 Å². The van der Waals surface area contributed by atoms with Crippen LogP contribution in [0, 0.1) is 0 Å². The first-order chi connectivity index (χ1) is 8.75. The number of imidazole rings is 1. The Balaban J connectivity index is 2.01. The van der Waals surface area contributed by atoms with E-state index in [0.717, 1.165) is 11.4 Å². The van der Waals surface area contributed by atoms with Crippen molar-refractivity contribution >= 4 is 0 Å². The molecule has 0 spiro atoms. The number of rotatable bonds is 2. The van der Waals surface area contributed by atoms with E-state index >= 15 is 0 Å². The average Bonchev–Trinajstić information content (AvgIpc) is 3.02. The molecule has 0 saturated heterocycles. The Labute approximate surface area is 102 Å². The summed E-state index contributed by atoms with van der Waals surface area (Å²) < 4.78 is 3.09. The van der Waals surface area contributed by atoms with Crippen molar-refractivity contribution in [2.75, 3.05) is 0 Å². The average molecular weight is 242 g/mol. The van der Waals surface area contributed by atoms with E-state index in [2.05, 4.69) is 15.4 Å². The second-order valence-corrected chi connectivity index (χ2v) is 3.80. The van der Waals surface area contributed by atoms with E-state index in [0.29, 0.717) is 0 Å². The minimum atomic E-state index is -0.0818. The summed E-state index contributed by atoms with van der Waals surface area (Å²) in [5.74, 6) is 0. The zero-order valence-corrected chi connectivity index (χ0v) is 9.63. The number of hydrogen-bond donors (Lipinski definition) is 0. The number of nitrogens with zero attached hydrogens (tertiary/aromatic N) is 6. The second kappa shape index (κ2) is 3.95. The number of aryl methyl sites for hydroxylation is 1. The molecule has 7 heteroatoms. The van der Waals surface area contributed by atoms with Crippen LogP contribution in [0.5, 0.6) is 0 Å². The van der Waals surface area contributed by atoms with Gasteiger partial charge < -0.3 is 4.57 Å². The first kappa shape index (κ1) is 10.5. The molecule has 0 fully saturated rings. The second-order valence-electron chi connectivity index (χ2n) is 3.80. The molecule has 0 aliphatic heterocycles. The van der Waals surface area contributed by atoms with Gasteiger partial charge in [0.1, 0.15) is 0 Å². The number of benzene rings is 1. The van der Waals surface area contributed by atoms with E-state index in [1.54, 1.807) is 24.0 Å². The van der Waals surface area contributed by atoms with Gasteiger partial charge in [0.15, 0.2) is 6.33 Å². The van der Waals surface area contributed by atoms with Crippen molar-refractivity contribution in [1.29, 1.82) is 0 Å². The van der Waals surface area contributed by atoms with Crippen LogP contribution in [0.25, 0.3) is 11.4 Å². The summed E-state index contributed by atoms with van der Waals surface area (Å²) in [6.45, 7) is 0. The monoisotopic (exact) mass is 242 g/mol. The molecule has 0 saturated carbocycles. The number of hydrogen-bond acceptors (Lipinski definition) is 4. The van der Waals surface area contributed by atoms with Gasteiger partial charge in [-0.1, -0.05) is 0 Å². The van der Waals surface area contributed by atoms with Crippen molar-refractivity contribution in [2.45, 2.75) is 0 Å². The summed E-state index contributed by atoms with van der Waals surface area (Å²) in [5, 5.41) is 11.4. The standard InChI is InChI=1S/C11H10N6O/c1-15-6-7-16(11(15)18)9-2-4-10(5-3-9)17-13-8-12-14-17/h2-8H,1H3. The van der Waals surface area contributed by atoms with Crippen LogP contribution in [0.4, 0.5) is 0 Å². The van der Waals surface area contributed by atoms with Gasteiger partial charge in [-0.25, -0.2) is 4.79 Å². The van der Waals surface area contributed by atoms with Crippen LogP contribution in [-0.4, -0.2) is 29.3 Å². The van der Waals surface area contributed by atoms with Crippen LogP contribution >= 0.6 is 0 Å². The largest absolute Gasteiger partial charge is 0.332 e. The lowest BCUT2D eigenvalue weighted by molar-refractivity contribution is 0.719. The van der Waals surface area contributed by atoms with Crippen molar-refractivity contribution in [3.63, 3.8) is 0 Å². The maximum Gasteiger partial charge on any atom is 0.332 e. The van der Waals surface area contributed by atoms with Gasteiger partial charge in [-0.05, 0) is 29.5 Å².